The van der Waals surface area contributed by atoms with Crippen LogP contribution >= 0.6 is 0 Å². The standard InChI is InChI=1S/C18H34O5/c1-6-10-12-21-17(22-13-11-7-2)18(8-3,9-4)23-16(20)14-15(5)19/h17H,6-14H2,1-5H3. The number of esters is 1. The normalized spacial score (nSPS) is 11.7. The molecule has 0 rings (SSSR count). The lowest BCUT2D eigenvalue weighted by atomic mass is 9.95. The summed E-state index contributed by atoms with van der Waals surface area (Å²) in [5, 5.41) is 0. The zero-order valence-corrected chi connectivity index (χ0v) is 15.5. The summed E-state index contributed by atoms with van der Waals surface area (Å²) in [6, 6.07) is 0. The van der Waals surface area contributed by atoms with E-state index in [9.17, 15) is 9.59 Å². The van der Waals surface area contributed by atoms with E-state index in [1.165, 1.54) is 6.92 Å². The van der Waals surface area contributed by atoms with Gasteiger partial charge in [-0.05, 0) is 32.6 Å². The second kappa shape index (κ2) is 12.5. The van der Waals surface area contributed by atoms with E-state index < -0.39 is 17.9 Å². The maximum Gasteiger partial charge on any atom is 0.314 e. The fourth-order valence-electron chi connectivity index (χ4n) is 2.26. The molecule has 0 atom stereocenters. The Hall–Kier alpha value is -0.940. The molecule has 23 heavy (non-hydrogen) atoms. The summed E-state index contributed by atoms with van der Waals surface area (Å²) < 4.78 is 17.5. The van der Waals surface area contributed by atoms with Gasteiger partial charge in [-0.3, -0.25) is 9.59 Å². The van der Waals surface area contributed by atoms with Crippen LogP contribution in [0.5, 0.6) is 0 Å². The van der Waals surface area contributed by atoms with Crippen molar-refractivity contribution in [2.75, 3.05) is 13.2 Å². The molecular weight excluding hydrogens is 296 g/mol. The van der Waals surface area contributed by atoms with Gasteiger partial charge in [0.15, 0.2) is 11.9 Å². The molecule has 0 aromatic rings. The molecular formula is C18H34O5. The first-order valence-corrected chi connectivity index (χ1v) is 8.90. The lowest BCUT2D eigenvalue weighted by Gasteiger charge is -2.38. The first kappa shape index (κ1) is 22.1. The number of carbonyl (C=O) groups excluding carboxylic acids is 2. The second-order valence-electron chi connectivity index (χ2n) is 5.91. The minimum Gasteiger partial charge on any atom is -0.453 e. The van der Waals surface area contributed by atoms with Crippen LogP contribution in [0.25, 0.3) is 0 Å². The molecule has 0 bridgehead atoms. The number of hydrogen-bond donors (Lipinski definition) is 0. The Balaban J connectivity index is 5.03. The molecule has 0 saturated carbocycles. The zero-order valence-electron chi connectivity index (χ0n) is 15.5. The van der Waals surface area contributed by atoms with E-state index in [4.69, 9.17) is 14.2 Å². The molecule has 0 heterocycles. The van der Waals surface area contributed by atoms with Gasteiger partial charge >= 0.3 is 5.97 Å². The largest absolute Gasteiger partial charge is 0.453 e. The molecule has 0 aliphatic rings. The summed E-state index contributed by atoms with van der Waals surface area (Å²) >= 11 is 0. The molecule has 0 fully saturated rings. The van der Waals surface area contributed by atoms with Crippen molar-refractivity contribution < 1.29 is 23.8 Å². The molecule has 0 N–H and O–H groups in total. The van der Waals surface area contributed by atoms with Crippen molar-refractivity contribution >= 4 is 11.8 Å². The van der Waals surface area contributed by atoms with Crippen molar-refractivity contribution in [2.24, 2.45) is 0 Å². The van der Waals surface area contributed by atoms with Gasteiger partial charge in [0.1, 0.15) is 12.2 Å². The van der Waals surface area contributed by atoms with Gasteiger partial charge in [-0.15, -0.1) is 0 Å². The molecule has 0 spiro atoms. The summed E-state index contributed by atoms with van der Waals surface area (Å²) in [4.78, 5) is 23.1. The van der Waals surface area contributed by atoms with Crippen molar-refractivity contribution in [1.82, 2.24) is 0 Å². The van der Waals surface area contributed by atoms with Crippen molar-refractivity contribution in [1.29, 1.82) is 0 Å². The molecule has 0 saturated heterocycles. The highest BCUT2D eigenvalue weighted by Gasteiger charge is 2.41. The summed E-state index contributed by atoms with van der Waals surface area (Å²) in [6.45, 7) is 10.6. The van der Waals surface area contributed by atoms with Gasteiger partial charge < -0.3 is 14.2 Å². The van der Waals surface area contributed by atoms with Gasteiger partial charge in [0, 0.05) is 13.2 Å². The van der Waals surface area contributed by atoms with Gasteiger partial charge in [-0.1, -0.05) is 40.5 Å². The SMILES string of the molecule is CCCCOC(OCCCC)C(CC)(CC)OC(=O)CC(C)=O. The third kappa shape index (κ3) is 8.47. The summed E-state index contributed by atoms with van der Waals surface area (Å²) in [5.74, 6) is -0.712. The molecule has 0 radical (unpaired) electrons. The zero-order chi connectivity index (χ0) is 17.7. The molecule has 5 heteroatoms. The van der Waals surface area contributed by atoms with Crippen molar-refractivity contribution in [3.63, 3.8) is 0 Å². The van der Waals surface area contributed by atoms with E-state index >= 15 is 0 Å². The number of unbranched alkanes of at least 4 members (excludes halogenated alkanes) is 2. The minimum atomic E-state index is -0.839. The highest BCUT2D eigenvalue weighted by Crippen LogP contribution is 2.29. The van der Waals surface area contributed by atoms with Gasteiger partial charge in [0.05, 0.1) is 0 Å². The fourth-order valence-corrected chi connectivity index (χ4v) is 2.26. The molecule has 0 aliphatic carbocycles. The first-order chi connectivity index (χ1) is 11.0. The Morgan fingerprint density at radius 3 is 1.74 bits per heavy atom. The minimum absolute atomic E-state index is 0.202. The van der Waals surface area contributed by atoms with Crippen molar-refractivity contribution in [2.45, 2.75) is 91.5 Å². The summed E-state index contributed by atoms with van der Waals surface area (Å²) in [6.07, 6.45) is 4.27. The number of Topliss-reactive ketones (excluding diaryl/α,β-unsaturated/α-hetero) is 1. The Bertz CT molecular complexity index is 326. The topological polar surface area (TPSA) is 61.8 Å². The van der Waals surface area contributed by atoms with Crippen LogP contribution < -0.4 is 0 Å². The average Bonchev–Trinajstić information content (AvgIpc) is 2.51. The Labute approximate surface area is 141 Å². The molecule has 0 unspecified atom stereocenters. The molecule has 0 aromatic carbocycles. The number of carbonyl (C=O) groups is 2. The Morgan fingerprint density at radius 2 is 1.39 bits per heavy atom. The van der Waals surface area contributed by atoms with Crippen molar-refractivity contribution in [3.8, 4) is 0 Å². The first-order valence-electron chi connectivity index (χ1n) is 8.90. The van der Waals surface area contributed by atoms with Crippen LogP contribution in [0.2, 0.25) is 0 Å². The van der Waals surface area contributed by atoms with Crippen molar-refractivity contribution in [3.05, 3.63) is 0 Å². The lowest BCUT2D eigenvalue weighted by Crippen LogP contribution is -2.49. The summed E-state index contributed by atoms with van der Waals surface area (Å²) in [5.41, 5.74) is -0.839. The smallest absolute Gasteiger partial charge is 0.314 e. The average molecular weight is 330 g/mol. The fraction of sp³-hybridized carbons (Fsp3) is 0.889. The van der Waals surface area contributed by atoms with Gasteiger partial charge in [0.2, 0.25) is 0 Å². The predicted molar refractivity (Wildman–Crippen MR) is 90.2 cm³/mol. The van der Waals surface area contributed by atoms with Crippen LogP contribution in [0.4, 0.5) is 0 Å². The number of rotatable bonds is 14. The van der Waals surface area contributed by atoms with E-state index in [1.54, 1.807) is 0 Å². The Kier molecular flexibility index (Phi) is 12.0. The highest BCUT2D eigenvalue weighted by molar-refractivity contribution is 5.94. The quantitative estimate of drug-likeness (QED) is 0.208. The second-order valence-corrected chi connectivity index (χ2v) is 5.91. The maximum atomic E-state index is 12.0. The lowest BCUT2D eigenvalue weighted by molar-refractivity contribution is -0.252. The van der Waals surface area contributed by atoms with Crippen LogP contribution in [0, 0.1) is 0 Å². The van der Waals surface area contributed by atoms with Crippen LogP contribution in [0.1, 0.15) is 79.6 Å². The third-order valence-corrected chi connectivity index (χ3v) is 3.87. The number of ketones is 1. The number of ether oxygens (including phenoxy) is 3. The predicted octanol–water partition coefficient (Wildman–Crippen LogP) is 4.03. The molecule has 0 amide bonds. The summed E-state index contributed by atoms with van der Waals surface area (Å²) in [7, 11) is 0. The van der Waals surface area contributed by atoms with E-state index in [1.807, 2.05) is 13.8 Å². The molecule has 5 nitrogen and oxygen atoms in total. The maximum absolute atomic E-state index is 12.0. The van der Waals surface area contributed by atoms with Gasteiger partial charge in [0.25, 0.3) is 0 Å². The molecule has 0 aliphatic heterocycles. The monoisotopic (exact) mass is 330 g/mol. The van der Waals surface area contributed by atoms with E-state index in [-0.39, 0.29) is 12.2 Å². The van der Waals surface area contributed by atoms with Crippen LogP contribution in [-0.2, 0) is 23.8 Å². The third-order valence-electron chi connectivity index (χ3n) is 3.87. The van der Waals surface area contributed by atoms with Crippen LogP contribution in [-0.4, -0.2) is 36.9 Å². The van der Waals surface area contributed by atoms with Crippen LogP contribution in [0.3, 0.4) is 0 Å². The van der Waals surface area contributed by atoms with Crippen LogP contribution in [0.15, 0.2) is 0 Å². The van der Waals surface area contributed by atoms with E-state index in [0.717, 1.165) is 25.7 Å². The van der Waals surface area contributed by atoms with E-state index in [2.05, 4.69) is 13.8 Å². The molecule has 0 aromatic heterocycles. The number of hydrogen-bond acceptors (Lipinski definition) is 5. The highest BCUT2D eigenvalue weighted by atomic mass is 16.7. The van der Waals surface area contributed by atoms with Gasteiger partial charge in [-0.2, -0.15) is 0 Å². The Morgan fingerprint density at radius 1 is 0.913 bits per heavy atom. The van der Waals surface area contributed by atoms with Gasteiger partial charge in [-0.25, -0.2) is 0 Å². The van der Waals surface area contributed by atoms with E-state index in [0.29, 0.717) is 26.1 Å². The molecule has 136 valence electrons.